The lowest BCUT2D eigenvalue weighted by molar-refractivity contribution is 0.0142. The zero-order chi connectivity index (χ0) is 12.9. The van der Waals surface area contributed by atoms with Crippen LogP contribution in [0.4, 0.5) is 8.78 Å². The van der Waals surface area contributed by atoms with Gasteiger partial charge in [-0.2, -0.15) is 8.78 Å². The molecule has 4 heteroatoms. The molecule has 0 radical (unpaired) electrons. The van der Waals surface area contributed by atoms with Gasteiger partial charge in [0.05, 0.1) is 6.61 Å². The van der Waals surface area contributed by atoms with E-state index >= 15 is 0 Å². The molecule has 0 aliphatic carbocycles. The maximum atomic E-state index is 12.7. The van der Waals surface area contributed by atoms with Crippen molar-refractivity contribution in [3.05, 3.63) is 11.7 Å². The minimum absolute atomic E-state index is 0.220. The van der Waals surface area contributed by atoms with Crippen molar-refractivity contribution in [2.24, 2.45) is 0 Å². The molecule has 1 atom stereocenters. The quantitative estimate of drug-likeness (QED) is 0.667. The molecule has 1 heterocycles. The minimum Gasteiger partial charge on any atom is -0.380 e. The summed E-state index contributed by atoms with van der Waals surface area (Å²) in [7, 11) is 0. The minimum atomic E-state index is -1.51. The van der Waals surface area contributed by atoms with Crippen molar-refractivity contribution < 1.29 is 13.5 Å². The summed E-state index contributed by atoms with van der Waals surface area (Å²) >= 11 is 0. The number of nitrogens with zero attached hydrogens (tertiary/aromatic N) is 1. The number of ether oxygens (including phenoxy) is 1. The van der Waals surface area contributed by atoms with E-state index in [1.54, 1.807) is 0 Å². The van der Waals surface area contributed by atoms with E-state index in [0.717, 1.165) is 19.4 Å². The van der Waals surface area contributed by atoms with Crippen molar-refractivity contribution in [2.45, 2.75) is 45.6 Å². The van der Waals surface area contributed by atoms with Gasteiger partial charge >= 0.3 is 0 Å². The van der Waals surface area contributed by atoms with Crippen LogP contribution in [-0.2, 0) is 4.74 Å². The number of likely N-dealkylation sites (tertiary alicyclic amines) is 1. The molecule has 0 aromatic carbocycles. The highest BCUT2D eigenvalue weighted by Gasteiger charge is 2.42. The van der Waals surface area contributed by atoms with Crippen LogP contribution in [0, 0.1) is 0 Å². The van der Waals surface area contributed by atoms with Crippen LogP contribution in [0.25, 0.3) is 0 Å². The van der Waals surface area contributed by atoms with Crippen LogP contribution in [0.2, 0.25) is 0 Å². The van der Waals surface area contributed by atoms with Gasteiger partial charge in [-0.25, -0.2) is 0 Å². The van der Waals surface area contributed by atoms with Crippen LogP contribution in [0.1, 0.15) is 40.0 Å². The summed E-state index contributed by atoms with van der Waals surface area (Å²) in [6.45, 7) is 8.57. The summed E-state index contributed by atoms with van der Waals surface area (Å²) in [5.74, 6) is 0. The molecular formula is C13H23F2NO. The maximum Gasteiger partial charge on any atom is 0.270 e. The van der Waals surface area contributed by atoms with Gasteiger partial charge in [0.2, 0.25) is 0 Å². The lowest BCUT2D eigenvalue weighted by Crippen LogP contribution is -2.47. The maximum absolute atomic E-state index is 12.7. The van der Waals surface area contributed by atoms with Gasteiger partial charge in [-0.15, -0.1) is 0 Å². The largest absolute Gasteiger partial charge is 0.380 e. The second-order valence-corrected chi connectivity index (χ2v) is 4.69. The first-order valence-corrected chi connectivity index (χ1v) is 6.45. The normalized spacial score (nSPS) is 25.6. The molecule has 17 heavy (non-hydrogen) atoms. The van der Waals surface area contributed by atoms with Gasteiger partial charge in [-0.05, 0) is 25.8 Å². The highest BCUT2D eigenvalue weighted by molar-refractivity contribution is 5.19. The van der Waals surface area contributed by atoms with Gasteiger partial charge in [-0.1, -0.05) is 20.8 Å². The standard InChI is InChI=1S/C13H23F2NO/c1-4-7-17-10-13(5-2)8-11(12(14)15)9-16(13)6-3/h4-10H2,1-3H3. The number of hydrogen-bond acceptors (Lipinski definition) is 2. The Morgan fingerprint density at radius 1 is 1.35 bits per heavy atom. The Morgan fingerprint density at radius 3 is 2.53 bits per heavy atom. The average Bonchev–Trinajstić information content (AvgIpc) is 2.69. The van der Waals surface area contributed by atoms with Gasteiger partial charge in [0.25, 0.3) is 6.08 Å². The van der Waals surface area contributed by atoms with E-state index in [1.165, 1.54) is 0 Å². The predicted molar refractivity (Wildman–Crippen MR) is 65.2 cm³/mol. The van der Waals surface area contributed by atoms with Crippen LogP contribution < -0.4 is 0 Å². The summed E-state index contributed by atoms with van der Waals surface area (Å²) in [5.41, 5.74) is 0.0664. The van der Waals surface area contributed by atoms with Gasteiger partial charge in [-0.3, -0.25) is 4.90 Å². The Bertz CT molecular complexity index is 277. The van der Waals surface area contributed by atoms with Crippen molar-refractivity contribution >= 4 is 0 Å². The van der Waals surface area contributed by atoms with E-state index in [-0.39, 0.29) is 11.1 Å². The van der Waals surface area contributed by atoms with Crippen LogP contribution in [0.5, 0.6) is 0 Å². The molecule has 0 N–H and O–H groups in total. The van der Waals surface area contributed by atoms with Gasteiger partial charge in [0.15, 0.2) is 0 Å². The summed E-state index contributed by atoms with van der Waals surface area (Å²) in [5, 5.41) is 0. The van der Waals surface area contributed by atoms with Crippen molar-refractivity contribution in [2.75, 3.05) is 26.3 Å². The Morgan fingerprint density at radius 2 is 2.06 bits per heavy atom. The van der Waals surface area contributed by atoms with E-state index in [1.807, 2.05) is 6.92 Å². The fourth-order valence-electron chi connectivity index (χ4n) is 2.54. The number of likely N-dealkylation sites (N-methyl/N-ethyl adjacent to an activating group) is 1. The molecule has 0 saturated carbocycles. The van der Waals surface area contributed by atoms with Gasteiger partial charge < -0.3 is 4.74 Å². The van der Waals surface area contributed by atoms with E-state index in [0.29, 0.717) is 26.2 Å². The monoisotopic (exact) mass is 247 g/mol. The van der Waals surface area contributed by atoms with Crippen molar-refractivity contribution in [1.29, 1.82) is 0 Å². The molecule has 1 fully saturated rings. The van der Waals surface area contributed by atoms with Gasteiger partial charge in [0, 0.05) is 24.3 Å². The molecule has 1 saturated heterocycles. The Labute approximate surface area is 103 Å². The van der Waals surface area contributed by atoms with E-state index < -0.39 is 6.08 Å². The fourth-order valence-corrected chi connectivity index (χ4v) is 2.54. The van der Waals surface area contributed by atoms with Crippen LogP contribution in [-0.4, -0.2) is 36.7 Å². The van der Waals surface area contributed by atoms with Gasteiger partial charge in [0.1, 0.15) is 0 Å². The number of rotatable bonds is 6. The molecule has 100 valence electrons. The second-order valence-electron chi connectivity index (χ2n) is 4.69. The fraction of sp³-hybridized carbons (Fsp3) is 0.846. The lowest BCUT2D eigenvalue weighted by atomic mass is 9.92. The molecule has 0 aromatic heterocycles. The molecule has 1 aliphatic heterocycles. The predicted octanol–water partition coefficient (Wildman–Crippen LogP) is 3.44. The number of hydrogen-bond donors (Lipinski definition) is 0. The first-order valence-electron chi connectivity index (χ1n) is 6.45. The SMILES string of the molecule is CCCOCC1(CC)CC(=C(F)F)CN1CC. The summed E-state index contributed by atoms with van der Waals surface area (Å²) in [6, 6.07) is 0. The Balaban J connectivity index is 2.77. The Kier molecular flexibility index (Phi) is 5.53. The third-order valence-electron chi connectivity index (χ3n) is 3.62. The molecule has 0 bridgehead atoms. The molecule has 1 rings (SSSR count). The third-order valence-corrected chi connectivity index (χ3v) is 3.62. The highest BCUT2D eigenvalue weighted by atomic mass is 19.3. The topological polar surface area (TPSA) is 12.5 Å². The van der Waals surface area contributed by atoms with Crippen molar-refractivity contribution in [3.63, 3.8) is 0 Å². The Hall–Kier alpha value is -0.480. The summed E-state index contributed by atoms with van der Waals surface area (Å²) in [4.78, 5) is 2.12. The van der Waals surface area contributed by atoms with Crippen LogP contribution >= 0.6 is 0 Å². The first-order chi connectivity index (χ1) is 8.09. The summed E-state index contributed by atoms with van der Waals surface area (Å²) < 4.78 is 31.1. The van der Waals surface area contributed by atoms with Crippen LogP contribution in [0.3, 0.4) is 0 Å². The molecule has 2 nitrogen and oxygen atoms in total. The zero-order valence-electron chi connectivity index (χ0n) is 11.1. The van der Waals surface area contributed by atoms with Crippen molar-refractivity contribution in [3.8, 4) is 0 Å². The zero-order valence-corrected chi connectivity index (χ0v) is 11.1. The smallest absolute Gasteiger partial charge is 0.270 e. The highest BCUT2D eigenvalue weighted by Crippen LogP contribution is 2.37. The van der Waals surface area contributed by atoms with Crippen molar-refractivity contribution in [1.82, 2.24) is 4.90 Å². The molecule has 1 aliphatic rings. The van der Waals surface area contributed by atoms with E-state index in [9.17, 15) is 8.78 Å². The first kappa shape index (κ1) is 14.6. The molecular weight excluding hydrogens is 224 g/mol. The van der Waals surface area contributed by atoms with E-state index in [4.69, 9.17) is 4.74 Å². The molecule has 0 spiro atoms. The molecule has 1 unspecified atom stereocenters. The van der Waals surface area contributed by atoms with Crippen LogP contribution in [0.15, 0.2) is 11.7 Å². The van der Waals surface area contributed by atoms with E-state index in [2.05, 4.69) is 18.7 Å². The molecule has 0 aromatic rings. The second kappa shape index (κ2) is 6.45. The average molecular weight is 247 g/mol. The third kappa shape index (κ3) is 3.26. The summed E-state index contributed by atoms with van der Waals surface area (Å²) in [6.07, 6.45) is 0.755. The number of halogens is 2. The molecule has 0 amide bonds. The lowest BCUT2D eigenvalue weighted by Gasteiger charge is -2.36.